The number of aromatic amines is 1. The van der Waals surface area contributed by atoms with Crippen molar-refractivity contribution in [3.8, 4) is 0 Å². The molecule has 1 saturated carbocycles. The maximum Gasteiger partial charge on any atom is 0.328 e. The van der Waals surface area contributed by atoms with Gasteiger partial charge in [-0.15, -0.1) is 0 Å². The Morgan fingerprint density at radius 1 is 1.30 bits per heavy atom. The summed E-state index contributed by atoms with van der Waals surface area (Å²) in [6, 6.07) is 0. The topological polar surface area (TPSA) is 112 Å². The molecule has 2 atom stereocenters. The number of carboxylic acid groups (broad SMARTS) is 1. The van der Waals surface area contributed by atoms with Crippen molar-refractivity contribution >= 4 is 11.9 Å². The number of nitrogens with zero attached hydrogens (tertiary/aromatic N) is 2. The SMILES string of the molecule is Cn1c(=O)[nH]cc(CC(=O)N2C[C@H](C(=O)O)[C@@H](C3CC3)C2)c1=O. The number of aliphatic carboxylic acids is 1. The molecule has 2 aliphatic rings. The van der Waals surface area contributed by atoms with E-state index >= 15 is 0 Å². The van der Waals surface area contributed by atoms with Crippen LogP contribution in [0, 0.1) is 17.8 Å². The standard InChI is InChI=1S/C15H19N3O5/c1-17-13(20)9(5-16-15(17)23)4-12(19)18-6-10(8-2-3-8)11(7-18)14(21)22/h5,8,10-11H,2-4,6-7H2,1H3,(H,16,23)(H,21,22)/t10-,11+/m1/s1. The molecule has 8 heteroatoms. The molecule has 0 bridgehead atoms. The van der Waals surface area contributed by atoms with Crippen molar-refractivity contribution in [2.24, 2.45) is 24.8 Å². The summed E-state index contributed by atoms with van der Waals surface area (Å²) in [6.07, 6.45) is 3.17. The van der Waals surface area contributed by atoms with Gasteiger partial charge in [-0.25, -0.2) is 4.79 Å². The minimum atomic E-state index is -0.864. The summed E-state index contributed by atoms with van der Waals surface area (Å²) >= 11 is 0. The molecule has 0 unspecified atom stereocenters. The highest BCUT2D eigenvalue weighted by Crippen LogP contribution is 2.44. The summed E-state index contributed by atoms with van der Waals surface area (Å²) < 4.78 is 0.916. The van der Waals surface area contributed by atoms with Gasteiger partial charge in [0.15, 0.2) is 0 Å². The van der Waals surface area contributed by atoms with E-state index in [1.807, 2.05) is 0 Å². The van der Waals surface area contributed by atoms with Crippen LogP contribution in [-0.2, 0) is 23.1 Å². The van der Waals surface area contributed by atoms with Gasteiger partial charge in [0.25, 0.3) is 5.56 Å². The predicted molar refractivity (Wildman–Crippen MR) is 79.9 cm³/mol. The van der Waals surface area contributed by atoms with Crippen LogP contribution in [-0.4, -0.2) is 44.5 Å². The van der Waals surface area contributed by atoms with Crippen molar-refractivity contribution in [3.05, 3.63) is 32.6 Å². The smallest absolute Gasteiger partial charge is 0.328 e. The molecule has 0 radical (unpaired) electrons. The number of carboxylic acids is 1. The summed E-state index contributed by atoms with van der Waals surface area (Å²) in [7, 11) is 1.34. The molecule has 8 nitrogen and oxygen atoms in total. The van der Waals surface area contributed by atoms with Crippen molar-refractivity contribution in [3.63, 3.8) is 0 Å². The second-order valence-corrected chi connectivity index (χ2v) is 6.40. The summed E-state index contributed by atoms with van der Waals surface area (Å²) in [6.45, 7) is 0.628. The van der Waals surface area contributed by atoms with Crippen molar-refractivity contribution < 1.29 is 14.7 Å². The first-order valence-electron chi connectivity index (χ1n) is 7.66. The van der Waals surface area contributed by atoms with E-state index in [9.17, 15) is 24.3 Å². The Hall–Kier alpha value is -2.38. The number of hydrogen-bond donors (Lipinski definition) is 2. The average molecular weight is 321 g/mol. The molecule has 3 rings (SSSR count). The summed E-state index contributed by atoms with van der Waals surface area (Å²) in [5.74, 6) is -1.25. The Kier molecular flexibility index (Phi) is 3.83. The van der Waals surface area contributed by atoms with Crippen LogP contribution in [0.2, 0.25) is 0 Å². The van der Waals surface area contributed by atoms with E-state index in [0.29, 0.717) is 12.5 Å². The molecule has 1 aromatic heterocycles. The molecule has 1 aliphatic carbocycles. The Morgan fingerprint density at radius 3 is 2.61 bits per heavy atom. The molecule has 124 valence electrons. The number of rotatable bonds is 4. The number of carbonyl (C=O) groups is 2. The zero-order chi connectivity index (χ0) is 16.7. The molecule has 2 heterocycles. The number of carbonyl (C=O) groups excluding carboxylic acids is 1. The summed E-state index contributed by atoms with van der Waals surface area (Å²) in [5.41, 5.74) is -0.833. The van der Waals surface area contributed by atoms with Crippen LogP contribution in [0.25, 0.3) is 0 Å². The van der Waals surface area contributed by atoms with E-state index in [1.165, 1.54) is 18.1 Å². The maximum atomic E-state index is 12.4. The van der Waals surface area contributed by atoms with Crippen LogP contribution < -0.4 is 11.2 Å². The highest BCUT2D eigenvalue weighted by atomic mass is 16.4. The fourth-order valence-electron chi connectivity index (χ4n) is 3.31. The largest absolute Gasteiger partial charge is 0.481 e. The van der Waals surface area contributed by atoms with Gasteiger partial charge >= 0.3 is 11.7 Å². The van der Waals surface area contributed by atoms with Crippen LogP contribution in [0.15, 0.2) is 15.8 Å². The highest BCUT2D eigenvalue weighted by Gasteiger charge is 2.46. The zero-order valence-electron chi connectivity index (χ0n) is 12.8. The van der Waals surface area contributed by atoms with Crippen molar-refractivity contribution in [1.29, 1.82) is 0 Å². The quantitative estimate of drug-likeness (QED) is 0.753. The molecular formula is C15H19N3O5. The highest BCUT2D eigenvalue weighted by molar-refractivity contribution is 5.80. The van der Waals surface area contributed by atoms with Crippen LogP contribution in [0.4, 0.5) is 0 Å². The fraction of sp³-hybridized carbons (Fsp3) is 0.600. The van der Waals surface area contributed by atoms with Gasteiger partial charge in [0.2, 0.25) is 5.91 Å². The molecule has 2 fully saturated rings. The summed E-state index contributed by atoms with van der Waals surface area (Å²) in [5, 5.41) is 9.33. The van der Waals surface area contributed by atoms with Gasteiger partial charge in [0.05, 0.1) is 12.3 Å². The van der Waals surface area contributed by atoms with E-state index in [1.54, 1.807) is 0 Å². The summed E-state index contributed by atoms with van der Waals surface area (Å²) in [4.78, 5) is 51.0. The number of H-pyrrole nitrogens is 1. The van der Waals surface area contributed by atoms with E-state index in [-0.39, 0.29) is 30.4 Å². The van der Waals surface area contributed by atoms with Gasteiger partial charge in [-0.2, -0.15) is 0 Å². The Morgan fingerprint density at radius 2 is 2.00 bits per heavy atom. The molecule has 1 aliphatic heterocycles. The third-order valence-corrected chi connectivity index (χ3v) is 4.86. The molecule has 23 heavy (non-hydrogen) atoms. The van der Waals surface area contributed by atoms with E-state index in [0.717, 1.165) is 17.4 Å². The second kappa shape index (κ2) is 5.68. The van der Waals surface area contributed by atoms with Gasteiger partial charge in [0.1, 0.15) is 0 Å². The lowest BCUT2D eigenvalue weighted by atomic mass is 9.92. The normalized spacial score (nSPS) is 24.0. The van der Waals surface area contributed by atoms with Gasteiger partial charge in [-0.1, -0.05) is 0 Å². The second-order valence-electron chi connectivity index (χ2n) is 6.40. The van der Waals surface area contributed by atoms with E-state index < -0.39 is 23.1 Å². The fourth-order valence-corrected chi connectivity index (χ4v) is 3.31. The number of amides is 1. The molecular weight excluding hydrogens is 302 g/mol. The first-order valence-corrected chi connectivity index (χ1v) is 7.66. The lowest BCUT2D eigenvalue weighted by Gasteiger charge is -2.16. The molecule has 1 saturated heterocycles. The number of hydrogen-bond acceptors (Lipinski definition) is 4. The Bertz CT molecular complexity index is 761. The van der Waals surface area contributed by atoms with Crippen LogP contribution >= 0.6 is 0 Å². The molecule has 1 amide bonds. The first-order chi connectivity index (χ1) is 10.9. The monoisotopic (exact) mass is 321 g/mol. The third-order valence-electron chi connectivity index (χ3n) is 4.86. The first kappa shape index (κ1) is 15.5. The zero-order valence-corrected chi connectivity index (χ0v) is 12.8. The molecule has 1 aromatic rings. The van der Waals surface area contributed by atoms with Crippen LogP contribution in [0.5, 0.6) is 0 Å². The van der Waals surface area contributed by atoms with Gasteiger partial charge in [-0.05, 0) is 24.7 Å². The minimum Gasteiger partial charge on any atom is -0.481 e. The molecule has 0 aromatic carbocycles. The van der Waals surface area contributed by atoms with Crippen molar-refractivity contribution in [1.82, 2.24) is 14.5 Å². The average Bonchev–Trinajstić information content (AvgIpc) is 3.25. The Balaban J connectivity index is 1.74. The lowest BCUT2D eigenvalue weighted by molar-refractivity contribution is -0.142. The van der Waals surface area contributed by atoms with Gasteiger partial charge in [-0.3, -0.25) is 19.0 Å². The van der Waals surface area contributed by atoms with Crippen LogP contribution in [0.1, 0.15) is 18.4 Å². The van der Waals surface area contributed by atoms with Crippen molar-refractivity contribution in [2.75, 3.05) is 13.1 Å². The molecule has 0 spiro atoms. The maximum absolute atomic E-state index is 12.4. The number of nitrogens with one attached hydrogen (secondary N) is 1. The van der Waals surface area contributed by atoms with Crippen molar-refractivity contribution in [2.45, 2.75) is 19.3 Å². The third kappa shape index (κ3) is 2.93. The van der Waals surface area contributed by atoms with Crippen LogP contribution in [0.3, 0.4) is 0 Å². The Labute approximate surface area is 131 Å². The predicted octanol–water partition coefficient (Wildman–Crippen LogP) is -0.815. The number of likely N-dealkylation sites (tertiary alicyclic amines) is 1. The van der Waals surface area contributed by atoms with Gasteiger partial charge < -0.3 is 15.0 Å². The lowest BCUT2D eigenvalue weighted by Crippen LogP contribution is -2.37. The van der Waals surface area contributed by atoms with Gasteiger partial charge in [0, 0.05) is 31.9 Å². The van der Waals surface area contributed by atoms with E-state index in [4.69, 9.17) is 0 Å². The minimum absolute atomic E-state index is 0.00913. The number of aromatic nitrogens is 2. The van der Waals surface area contributed by atoms with E-state index in [2.05, 4.69) is 4.98 Å². The molecule has 2 N–H and O–H groups in total.